The minimum absolute atomic E-state index is 0.0676. The molecule has 0 radical (unpaired) electrons. The quantitative estimate of drug-likeness (QED) is 0.418. The molecular weight excluding hydrogens is 491 g/mol. The highest BCUT2D eigenvalue weighted by Gasteiger charge is 2.33. The van der Waals surface area contributed by atoms with Crippen LogP contribution < -0.4 is 0 Å². The maximum Gasteiger partial charge on any atom is 0.243 e. The molecule has 0 N–H and O–H groups in total. The summed E-state index contributed by atoms with van der Waals surface area (Å²) in [6.07, 6.45) is 8.15. The van der Waals surface area contributed by atoms with Gasteiger partial charge in [-0.05, 0) is 62.9 Å². The van der Waals surface area contributed by atoms with E-state index < -0.39 is 10.0 Å². The van der Waals surface area contributed by atoms with Crippen LogP contribution in [0.1, 0.15) is 42.4 Å². The number of alkyl halides is 1. The standard InChI is InChI=1S/C25H26Cl2N4O2S/c1-16-7-9-19(15-22(16)27)34(32,33)30-13-11-18(12-14-30)31-24(20-5-3-4-6-21(20)26)29-23-10-8-17(2)28-25(23)31/h3-5,7-10,15,18,21H,6,11-14H2,1-2H3. The lowest BCUT2D eigenvalue weighted by Gasteiger charge is -2.33. The lowest BCUT2D eigenvalue weighted by Crippen LogP contribution is -2.39. The SMILES string of the molecule is Cc1ccc2nc(C3=CC=CCC3Cl)n(C3CCN(S(=O)(=O)c4ccc(C)c(Cl)c4)CC3)c2n1. The molecule has 34 heavy (non-hydrogen) atoms. The lowest BCUT2D eigenvalue weighted by molar-refractivity contribution is 0.275. The van der Waals surface area contributed by atoms with Crippen LogP contribution in [0.2, 0.25) is 5.02 Å². The molecule has 9 heteroatoms. The Bertz CT molecular complexity index is 1420. The summed E-state index contributed by atoms with van der Waals surface area (Å²) in [6, 6.07) is 8.92. The van der Waals surface area contributed by atoms with Gasteiger partial charge in [0.15, 0.2) is 5.65 Å². The number of aryl methyl sites for hydroxylation is 2. The van der Waals surface area contributed by atoms with Gasteiger partial charge in [-0.3, -0.25) is 0 Å². The van der Waals surface area contributed by atoms with Crippen molar-refractivity contribution in [3.63, 3.8) is 0 Å². The number of piperidine rings is 1. The second kappa shape index (κ2) is 9.11. The predicted octanol–water partition coefficient (Wildman–Crippen LogP) is 5.68. The third-order valence-corrected chi connectivity index (χ3v) is 9.31. The first kappa shape index (κ1) is 23.5. The molecule has 1 aliphatic heterocycles. The summed E-state index contributed by atoms with van der Waals surface area (Å²) in [4.78, 5) is 9.93. The monoisotopic (exact) mass is 516 g/mol. The van der Waals surface area contributed by atoms with Crippen LogP contribution in [0.3, 0.4) is 0 Å². The highest BCUT2D eigenvalue weighted by Crippen LogP contribution is 2.36. The number of allylic oxidation sites excluding steroid dienone is 4. The van der Waals surface area contributed by atoms with Crippen molar-refractivity contribution in [1.29, 1.82) is 0 Å². The number of aromatic nitrogens is 3. The van der Waals surface area contributed by atoms with Crippen LogP contribution in [0.4, 0.5) is 0 Å². The van der Waals surface area contributed by atoms with Gasteiger partial charge in [0.05, 0.1) is 10.3 Å². The van der Waals surface area contributed by atoms with Gasteiger partial charge in [0.2, 0.25) is 10.0 Å². The number of sulfonamides is 1. The van der Waals surface area contributed by atoms with Gasteiger partial charge in [0.1, 0.15) is 11.3 Å². The molecule has 1 unspecified atom stereocenters. The largest absolute Gasteiger partial charge is 0.306 e. The predicted molar refractivity (Wildman–Crippen MR) is 137 cm³/mol. The fraction of sp³-hybridized carbons (Fsp3) is 0.360. The number of imidazole rings is 1. The van der Waals surface area contributed by atoms with E-state index in [9.17, 15) is 8.42 Å². The van der Waals surface area contributed by atoms with Gasteiger partial charge < -0.3 is 4.57 Å². The number of pyridine rings is 1. The van der Waals surface area contributed by atoms with Gasteiger partial charge >= 0.3 is 0 Å². The van der Waals surface area contributed by atoms with E-state index in [0.717, 1.165) is 40.2 Å². The Balaban J connectivity index is 1.47. The zero-order chi connectivity index (χ0) is 24.0. The van der Waals surface area contributed by atoms with E-state index in [0.29, 0.717) is 31.0 Å². The van der Waals surface area contributed by atoms with Crippen molar-refractivity contribution in [2.24, 2.45) is 0 Å². The van der Waals surface area contributed by atoms with Gasteiger partial charge in [-0.15, -0.1) is 11.6 Å². The van der Waals surface area contributed by atoms with Gasteiger partial charge in [0.25, 0.3) is 0 Å². The number of halogens is 2. The van der Waals surface area contributed by atoms with Crippen molar-refractivity contribution in [1.82, 2.24) is 18.8 Å². The van der Waals surface area contributed by atoms with Gasteiger partial charge in [0, 0.05) is 35.4 Å². The van der Waals surface area contributed by atoms with Crippen molar-refractivity contribution in [2.45, 2.75) is 49.4 Å². The highest BCUT2D eigenvalue weighted by molar-refractivity contribution is 7.89. The number of rotatable bonds is 4. The van der Waals surface area contributed by atoms with Crippen molar-refractivity contribution in [3.05, 3.63) is 70.7 Å². The van der Waals surface area contributed by atoms with Crippen molar-refractivity contribution in [3.8, 4) is 0 Å². The van der Waals surface area contributed by atoms with E-state index in [1.165, 1.54) is 6.07 Å². The second-order valence-electron chi connectivity index (χ2n) is 8.90. The van der Waals surface area contributed by atoms with Crippen LogP contribution in [0, 0.1) is 13.8 Å². The molecule has 0 amide bonds. The maximum atomic E-state index is 13.3. The van der Waals surface area contributed by atoms with E-state index in [2.05, 4.69) is 10.6 Å². The molecule has 5 rings (SSSR count). The summed E-state index contributed by atoms with van der Waals surface area (Å²) in [7, 11) is -3.62. The van der Waals surface area contributed by atoms with E-state index in [1.54, 1.807) is 16.4 Å². The van der Waals surface area contributed by atoms with E-state index in [-0.39, 0.29) is 16.3 Å². The van der Waals surface area contributed by atoms with Crippen LogP contribution in [0.5, 0.6) is 0 Å². The second-order valence-corrected chi connectivity index (χ2v) is 11.8. The zero-order valence-corrected chi connectivity index (χ0v) is 21.4. The summed E-state index contributed by atoms with van der Waals surface area (Å²) in [5, 5.41) is 0.297. The van der Waals surface area contributed by atoms with Gasteiger partial charge in [-0.2, -0.15) is 4.31 Å². The Hall–Kier alpha value is -2.19. The first-order chi connectivity index (χ1) is 16.3. The molecule has 1 saturated heterocycles. The van der Waals surface area contributed by atoms with E-state index >= 15 is 0 Å². The molecule has 1 fully saturated rings. The molecule has 2 aliphatic rings. The fourth-order valence-electron chi connectivity index (χ4n) is 4.66. The number of hydrogen-bond acceptors (Lipinski definition) is 4. The Morgan fingerprint density at radius 2 is 1.82 bits per heavy atom. The molecule has 6 nitrogen and oxygen atoms in total. The maximum absolute atomic E-state index is 13.3. The molecule has 1 aliphatic carbocycles. The smallest absolute Gasteiger partial charge is 0.243 e. The number of hydrogen-bond donors (Lipinski definition) is 0. The molecule has 0 spiro atoms. The minimum atomic E-state index is -3.62. The first-order valence-corrected chi connectivity index (χ1v) is 13.6. The topological polar surface area (TPSA) is 68.1 Å². The van der Waals surface area contributed by atoms with Crippen LogP contribution in [0.25, 0.3) is 16.7 Å². The van der Waals surface area contributed by atoms with Crippen LogP contribution in [0.15, 0.2) is 53.5 Å². The molecule has 1 aromatic carbocycles. The molecule has 3 aromatic rings. The molecule has 2 aromatic heterocycles. The number of benzene rings is 1. The molecule has 1 atom stereocenters. The summed E-state index contributed by atoms with van der Waals surface area (Å²) in [5.74, 6) is 0.823. The number of fused-ring (bicyclic) bond motifs is 1. The van der Waals surface area contributed by atoms with Crippen molar-refractivity contribution >= 4 is 50.0 Å². The van der Waals surface area contributed by atoms with Gasteiger partial charge in [-0.1, -0.05) is 35.9 Å². The molecular formula is C25H26Cl2N4O2S. The van der Waals surface area contributed by atoms with E-state index in [1.807, 2.05) is 38.1 Å². The first-order valence-electron chi connectivity index (χ1n) is 11.4. The lowest BCUT2D eigenvalue weighted by atomic mass is 10.0. The summed E-state index contributed by atoms with van der Waals surface area (Å²) < 4.78 is 30.2. The third-order valence-electron chi connectivity index (χ3n) is 6.60. The summed E-state index contributed by atoms with van der Waals surface area (Å²) in [5.41, 5.74) is 4.39. The summed E-state index contributed by atoms with van der Waals surface area (Å²) >= 11 is 12.9. The Labute approximate surface area is 210 Å². The normalized spacial score (nSPS) is 20.1. The Morgan fingerprint density at radius 3 is 2.53 bits per heavy atom. The Morgan fingerprint density at radius 1 is 1.06 bits per heavy atom. The third kappa shape index (κ3) is 4.19. The highest BCUT2D eigenvalue weighted by atomic mass is 35.5. The van der Waals surface area contributed by atoms with Crippen LogP contribution in [-0.2, 0) is 10.0 Å². The van der Waals surface area contributed by atoms with E-state index in [4.69, 9.17) is 33.2 Å². The molecule has 0 saturated carbocycles. The molecule has 178 valence electrons. The molecule has 0 bridgehead atoms. The fourth-order valence-corrected chi connectivity index (χ4v) is 6.67. The average Bonchev–Trinajstić information content (AvgIpc) is 3.19. The van der Waals surface area contributed by atoms with Crippen molar-refractivity contribution < 1.29 is 8.42 Å². The van der Waals surface area contributed by atoms with Crippen molar-refractivity contribution in [2.75, 3.05) is 13.1 Å². The summed E-state index contributed by atoms with van der Waals surface area (Å²) in [6.45, 7) is 4.64. The van der Waals surface area contributed by atoms with Gasteiger partial charge in [-0.25, -0.2) is 18.4 Å². The van der Waals surface area contributed by atoms with Crippen LogP contribution >= 0.6 is 23.2 Å². The minimum Gasteiger partial charge on any atom is -0.306 e. The Kier molecular flexibility index (Phi) is 6.31. The average molecular weight is 517 g/mol. The zero-order valence-electron chi connectivity index (χ0n) is 19.1. The number of nitrogens with zero attached hydrogens (tertiary/aromatic N) is 4. The molecule has 3 heterocycles. The van der Waals surface area contributed by atoms with Crippen LogP contribution in [-0.4, -0.2) is 45.7 Å².